The zero-order valence-electron chi connectivity index (χ0n) is 12.6. The molecule has 0 aliphatic heterocycles. The number of aryl methyl sites for hydroxylation is 2. The average Bonchev–Trinajstić information content (AvgIpc) is 2.76. The molecule has 0 atom stereocenters. The molecule has 4 heteroatoms. The minimum Gasteiger partial charge on any atom is -0.399 e. The standard InChI is InChI=1S/C16H25N3O/c1-3-7-16-18-14-12-13(17)8-9-15(14)19(16)10-5-4-6-11-20-2/h8-9,12H,3-7,10-11,17H2,1-2H3. The molecule has 0 radical (unpaired) electrons. The van der Waals surface area contributed by atoms with E-state index in [0.717, 1.165) is 50.0 Å². The van der Waals surface area contributed by atoms with Gasteiger partial charge in [0.15, 0.2) is 0 Å². The van der Waals surface area contributed by atoms with Gasteiger partial charge in [0.2, 0.25) is 0 Å². The highest BCUT2D eigenvalue weighted by Crippen LogP contribution is 2.20. The summed E-state index contributed by atoms with van der Waals surface area (Å²) in [7, 11) is 1.76. The van der Waals surface area contributed by atoms with Gasteiger partial charge in [-0.1, -0.05) is 6.92 Å². The predicted octanol–water partition coefficient (Wildman–Crippen LogP) is 3.39. The summed E-state index contributed by atoms with van der Waals surface area (Å²) in [4.78, 5) is 4.74. The number of anilines is 1. The molecule has 1 heterocycles. The highest BCUT2D eigenvalue weighted by molar-refractivity contribution is 5.79. The van der Waals surface area contributed by atoms with E-state index in [1.54, 1.807) is 7.11 Å². The molecule has 0 aliphatic carbocycles. The first-order valence-corrected chi connectivity index (χ1v) is 7.49. The maximum absolute atomic E-state index is 5.85. The molecule has 0 amide bonds. The van der Waals surface area contributed by atoms with Crippen LogP contribution in [-0.4, -0.2) is 23.3 Å². The molecule has 0 saturated carbocycles. The van der Waals surface area contributed by atoms with Crippen molar-refractivity contribution in [3.8, 4) is 0 Å². The lowest BCUT2D eigenvalue weighted by Crippen LogP contribution is -2.04. The van der Waals surface area contributed by atoms with Crippen molar-refractivity contribution in [3.63, 3.8) is 0 Å². The first kappa shape index (κ1) is 14.9. The number of nitrogen functional groups attached to an aromatic ring is 1. The van der Waals surface area contributed by atoms with Crippen molar-refractivity contribution < 1.29 is 4.74 Å². The summed E-state index contributed by atoms with van der Waals surface area (Å²) >= 11 is 0. The monoisotopic (exact) mass is 275 g/mol. The molecule has 110 valence electrons. The summed E-state index contributed by atoms with van der Waals surface area (Å²) in [5, 5.41) is 0. The average molecular weight is 275 g/mol. The van der Waals surface area contributed by atoms with Gasteiger partial charge in [0.1, 0.15) is 5.82 Å². The Kier molecular flexibility index (Phi) is 5.41. The first-order valence-electron chi connectivity index (χ1n) is 7.49. The van der Waals surface area contributed by atoms with Gasteiger partial charge in [-0.2, -0.15) is 0 Å². The van der Waals surface area contributed by atoms with E-state index in [1.807, 2.05) is 12.1 Å². The number of fused-ring (bicyclic) bond motifs is 1. The minimum absolute atomic E-state index is 0.783. The third-order valence-corrected chi connectivity index (χ3v) is 3.56. The lowest BCUT2D eigenvalue weighted by molar-refractivity contribution is 0.191. The number of methoxy groups -OCH3 is 1. The number of hydrogen-bond donors (Lipinski definition) is 1. The molecule has 20 heavy (non-hydrogen) atoms. The molecule has 0 aliphatic rings. The van der Waals surface area contributed by atoms with Crippen LogP contribution in [0.3, 0.4) is 0 Å². The van der Waals surface area contributed by atoms with Crippen LogP contribution in [0.25, 0.3) is 11.0 Å². The maximum Gasteiger partial charge on any atom is 0.109 e. The van der Waals surface area contributed by atoms with Gasteiger partial charge in [-0.25, -0.2) is 4.98 Å². The quantitative estimate of drug-likeness (QED) is 0.593. The summed E-state index contributed by atoms with van der Waals surface area (Å²) in [6, 6.07) is 6.02. The van der Waals surface area contributed by atoms with E-state index in [-0.39, 0.29) is 0 Å². The number of imidazole rings is 1. The summed E-state index contributed by atoms with van der Waals surface area (Å²) in [5.41, 5.74) is 8.85. The number of unbranched alkanes of at least 4 members (excludes halogenated alkanes) is 2. The fourth-order valence-electron chi connectivity index (χ4n) is 2.55. The highest BCUT2D eigenvalue weighted by Gasteiger charge is 2.09. The molecule has 0 fully saturated rings. The normalized spacial score (nSPS) is 11.3. The Balaban J connectivity index is 2.13. The van der Waals surface area contributed by atoms with Crippen LogP contribution in [0.1, 0.15) is 38.4 Å². The molecule has 2 rings (SSSR count). The van der Waals surface area contributed by atoms with E-state index in [1.165, 1.54) is 17.8 Å². The van der Waals surface area contributed by atoms with E-state index in [0.29, 0.717) is 0 Å². The van der Waals surface area contributed by atoms with Crippen LogP contribution in [0.2, 0.25) is 0 Å². The van der Waals surface area contributed by atoms with Gasteiger partial charge >= 0.3 is 0 Å². The molecule has 1 aromatic carbocycles. The Morgan fingerprint density at radius 2 is 2.10 bits per heavy atom. The fourth-order valence-corrected chi connectivity index (χ4v) is 2.55. The number of nitrogens with two attached hydrogens (primary N) is 1. The van der Waals surface area contributed by atoms with Crippen LogP contribution >= 0.6 is 0 Å². The van der Waals surface area contributed by atoms with Crippen molar-refractivity contribution in [2.45, 2.75) is 45.6 Å². The highest BCUT2D eigenvalue weighted by atomic mass is 16.5. The van der Waals surface area contributed by atoms with Crippen LogP contribution < -0.4 is 5.73 Å². The summed E-state index contributed by atoms with van der Waals surface area (Å²) in [6.07, 6.45) is 5.61. The Morgan fingerprint density at radius 1 is 1.25 bits per heavy atom. The third-order valence-electron chi connectivity index (χ3n) is 3.56. The molecule has 0 unspecified atom stereocenters. The van der Waals surface area contributed by atoms with E-state index < -0.39 is 0 Å². The SMILES string of the molecule is CCCc1nc2cc(N)ccc2n1CCCCCOC. The molecule has 2 aromatic rings. The van der Waals surface area contributed by atoms with Crippen LogP contribution in [0, 0.1) is 0 Å². The van der Waals surface area contributed by atoms with E-state index in [9.17, 15) is 0 Å². The molecule has 4 nitrogen and oxygen atoms in total. The Labute approximate surface area is 120 Å². The van der Waals surface area contributed by atoms with Crippen molar-refractivity contribution in [3.05, 3.63) is 24.0 Å². The molecule has 1 aromatic heterocycles. The smallest absolute Gasteiger partial charge is 0.109 e. The van der Waals surface area contributed by atoms with Gasteiger partial charge in [0, 0.05) is 32.4 Å². The molecule has 0 spiro atoms. The second-order valence-corrected chi connectivity index (χ2v) is 5.23. The van der Waals surface area contributed by atoms with Crippen molar-refractivity contribution in [2.75, 3.05) is 19.5 Å². The number of aromatic nitrogens is 2. The predicted molar refractivity (Wildman–Crippen MR) is 83.9 cm³/mol. The second kappa shape index (κ2) is 7.29. The van der Waals surface area contributed by atoms with Crippen molar-refractivity contribution in [1.82, 2.24) is 9.55 Å². The Bertz CT molecular complexity index is 548. The summed E-state index contributed by atoms with van der Waals surface area (Å²) in [5.74, 6) is 1.18. The zero-order chi connectivity index (χ0) is 14.4. The third kappa shape index (κ3) is 3.51. The maximum atomic E-state index is 5.85. The Hall–Kier alpha value is -1.55. The lowest BCUT2D eigenvalue weighted by atomic mass is 10.2. The number of rotatable bonds is 8. The van der Waals surface area contributed by atoms with Crippen molar-refractivity contribution in [1.29, 1.82) is 0 Å². The molecular formula is C16H25N3O. The largest absolute Gasteiger partial charge is 0.399 e. The van der Waals surface area contributed by atoms with Crippen LogP contribution in [0.4, 0.5) is 5.69 Å². The van der Waals surface area contributed by atoms with Crippen molar-refractivity contribution >= 4 is 16.7 Å². The second-order valence-electron chi connectivity index (χ2n) is 5.23. The Morgan fingerprint density at radius 3 is 2.85 bits per heavy atom. The van der Waals surface area contributed by atoms with Crippen LogP contribution in [0.15, 0.2) is 18.2 Å². The van der Waals surface area contributed by atoms with Gasteiger partial charge in [0.25, 0.3) is 0 Å². The van der Waals surface area contributed by atoms with Crippen LogP contribution in [-0.2, 0) is 17.7 Å². The van der Waals surface area contributed by atoms with Gasteiger partial charge in [-0.15, -0.1) is 0 Å². The van der Waals surface area contributed by atoms with Crippen molar-refractivity contribution in [2.24, 2.45) is 0 Å². The number of benzene rings is 1. The van der Waals surface area contributed by atoms with E-state index in [4.69, 9.17) is 15.5 Å². The molecule has 0 bridgehead atoms. The van der Waals surface area contributed by atoms with Crippen LogP contribution in [0.5, 0.6) is 0 Å². The zero-order valence-corrected chi connectivity index (χ0v) is 12.6. The molecule has 2 N–H and O–H groups in total. The van der Waals surface area contributed by atoms with E-state index >= 15 is 0 Å². The van der Waals surface area contributed by atoms with Gasteiger partial charge < -0.3 is 15.0 Å². The van der Waals surface area contributed by atoms with E-state index in [2.05, 4.69) is 17.6 Å². The fraction of sp³-hybridized carbons (Fsp3) is 0.562. The molecule has 0 saturated heterocycles. The topological polar surface area (TPSA) is 53.1 Å². The van der Waals surface area contributed by atoms with Gasteiger partial charge in [-0.3, -0.25) is 0 Å². The summed E-state index contributed by atoms with van der Waals surface area (Å²) < 4.78 is 7.44. The van der Waals surface area contributed by atoms with Gasteiger partial charge in [0.05, 0.1) is 11.0 Å². The number of nitrogens with zero attached hydrogens (tertiary/aromatic N) is 2. The van der Waals surface area contributed by atoms with Gasteiger partial charge in [-0.05, 0) is 43.9 Å². The number of hydrogen-bond acceptors (Lipinski definition) is 3. The first-order chi connectivity index (χ1) is 9.76. The minimum atomic E-state index is 0.783. The number of ether oxygens (including phenoxy) is 1. The summed E-state index contributed by atoms with van der Waals surface area (Å²) in [6.45, 7) is 4.07. The lowest BCUT2D eigenvalue weighted by Gasteiger charge is -2.08. The molecular weight excluding hydrogens is 250 g/mol.